The van der Waals surface area contributed by atoms with Gasteiger partial charge in [0.05, 0.1) is 5.02 Å². The Morgan fingerprint density at radius 2 is 2.23 bits per heavy atom. The molecule has 2 rings (SSSR count). The molecule has 2 aromatic rings. The normalized spacial score (nSPS) is 11.0. The summed E-state index contributed by atoms with van der Waals surface area (Å²) in [5.41, 5.74) is 7.16. The van der Waals surface area contributed by atoms with Gasteiger partial charge in [-0.3, -0.25) is 0 Å². The molecular formula is C9H8ClFN2. The molecule has 0 saturated heterocycles. The van der Waals surface area contributed by atoms with Gasteiger partial charge in [-0.25, -0.2) is 4.39 Å². The van der Waals surface area contributed by atoms with Crippen LogP contribution in [0.4, 0.5) is 4.39 Å². The second-order valence-corrected chi connectivity index (χ2v) is 3.24. The fourth-order valence-electron chi connectivity index (χ4n) is 1.34. The zero-order chi connectivity index (χ0) is 9.42. The standard InChI is InChI=1S/C9H8ClFN2/c10-7-1-6-5(3-12)4-13-9(6)2-8(7)11/h1-2,4,13H,3,12H2. The maximum atomic E-state index is 13.0. The second kappa shape index (κ2) is 3.01. The smallest absolute Gasteiger partial charge is 0.143 e. The van der Waals surface area contributed by atoms with Gasteiger partial charge < -0.3 is 10.7 Å². The molecule has 1 aromatic heterocycles. The molecule has 0 amide bonds. The number of benzene rings is 1. The van der Waals surface area contributed by atoms with Gasteiger partial charge in [-0.1, -0.05) is 11.6 Å². The third-order valence-corrected chi connectivity index (χ3v) is 2.32. The Hall–Kier alpha value is -1.06. The summed E-state index contributed by atoms with van der Waals surface area (Å²) in [4.78, 5) is 2.93. The lowest BCUT2D eigenvalue weighted by molar-refractivity contribution is 0.630. The SMILES string of the molecule is NCc1c[nH]c2cc(F)c(Cl)cc12. The zero-order valence-corrected chi connectivity index (χ0v) is 7.53. The minimum absolute atomic E-state index is 0.127. The Kier molecular flexibility index (Phi) is 1.98. The van der Waals surface area contributed by atoms with E-state index < -0.39 is 5.82 Å². The van der Waals surface area contributed by atoms with E-state index >= 15 is 0 Å². The maximum Gasteiger partial charge on any atom is 0.143 e. The molecule has 0 radical (unpaired) electrons. The highest BCUT2D eigenvalue weighted by Crippen LogP contribution is 2.24. The van der Waals surface area contributed by atoms with Crippen molar-refractivity contribution in [3.8, 4) is 0 Å². The van der Waals surface area contributed by atoms with Gasteiger partial charge in [-0.15, -0.1) is 0 Å². The highest BCUT2D eigenvalue weighted by atomic mass is 35.5. The number of aromatic amines is 1. The molecule has 3 N–H and O–H groups in total. The first-order valence-corrected chi connectivity index (χ1v) is 4.25. The third kappa shape index (κ3) is 1.30. The number of H-pyrrole nitrogens is 1. The summed E-state index contributed by atoms with van der Waals surface area (Å²) in [7, 11) is 0. The second-order valence-electron chi connectivity index (χ2n) is 2.83. The molecule has 0 aliphatic rings. The summed E-state index contributed by atoms with van der Waals surface area (Å²) < 4.78 is 13.0. The Bertz CT molecular complexity index is 450. The van der Waals surface area contributed by atoms with E-state index in [0.717, 1.165) is 16.5 Å². The topological polar surface area (TPSA) is 41.8 Å². The van der Waals surface area contributed by atoms with Crippen molar-refractivity contribution in [2.45, 2.75) is 6.54 Å². The largest absolute Gasteiger partial charge is 0.361 e. The van der Waals surface area contributed by atoms with Crippen LogP contribution in [0.5, 0.6) is 0 Å². The summed E-state index contributed by atoms with van der Waals surface area (Å²) in [6.07, 6.45) is 1.76. The molecule has 0 saturated carbocycles. The molecule has 0 aliphatic carbocycles. The zero-order valence-electron chi connectivity index (χ0n) is 6.77. The molecule has 0 fully saturated rings. The van der Waals surface area contributed by atoms with Crippen molar-refractivity contribution in [1.82, 2.24) is 4.98 Å². The van der Waals surface area contributed by atoms with E-state index in [-0.39, 0.29) is 5.02 Å². The van der Waals surface area contributed by atoms with Crippen LogP contribution in [0.1, 0.15) is 5.56 Å². The summed E-state index contributed by atoms with van der Waals surface area (Å²) >= 11 is 5.64. The number of hydrogen-bond acceptors (Lipinski definition) is 1. The van der Waals surface area contributed by atoms with E-state index in [9.17, 15) is 4.39 Å². The molecule has 0 bridgehead atoms. The minimum atomic E-state index is -0.417. The monoisotopic (exact) mass is 198 g/mol. The van der Waals surface area contributed by atoms with Crippen LogP contribution < -0.4 is 5.73 Å². The molecule has 4 heteroatoms. The molecule has 13 heavy (non-hydrogen) atoms. The quantitative estimate of drug-likeness (QED) is 0.726. The maximum absolute atomic E-state index is 13.0. The third-order valence-electron chi connectivity index (χ3n) is 2.03. The number of fused-ring (bicyclic) bond motifs is 1. The van der Waals surface area contributed by atoms with Crippen LogP contribution in [0.3, 0.4) is 0 Å². The first kappa shape index (κ1) is 8.53. The van der Waals surface area contributed by atoms with E-state index in [1.165, 1.54) is 6.07 Å². The Balaban J connectivity index is 2.77. The van der Waals surface area contributed by atoms with Gasteiger partial charge in [0.2, 0.25) is 0 Å². The molecule has 0 spiro atoms. The van der Waals surface area contributed by atoms with Gasteiger partial charge in [0.25, 0.3) is 0 Å². The molecule has 0 atom stereocenters. The van der Waals surface area contributed by atoms with Crippen LogP contribution in [0, 0.1) is 5.82 Å². The fraction of sp³-hybridized carbons (Fsp3) is 0.111. The molecule has 1 aromatic carbocycles. The number of hydrogen-bond donors (Lipinski definition) is 2. The minimum Gasteiger partial charge on any atom is -0.361 e. The average Bonchev–Trinajstić information content (AvgIpc) is 2.48. The van der Waals surface area contributed by atoms with E-state index in [4.69, 9.17) is 17.3 Å². The number of aromatic nitrogens is 1. The van der Waals surface area contributed by atoms with Gasteiger partial charge in [0, 0.05) is 23.6 Å². The van der Waals surface area contributed by atoms with Gasteiger partial charge in [0.15, 0.2) is 0 Å². The van der Waals surface area contributed by atoms with E-state index in [0.29, 0.717) is 6.54 Å². The highest BCUT2D eigenvalue weighted by molar-refractivity contribution is 6.31. The van der Waals surface area contributed by atoms with Crippen molar-refractivity contribution >= 4 is 22.5 Å². The molecular weight excluding hydrogens is 191 g/mol. The molecule has 0 aliphatic heterocycles. The molecule has 0 unspecified atom stereocenters. The molecule has 1 heterocycles. The lowest BCUT2D eigenvalue weighted by Crippen LogP contribution is -1.94. The predicted molar refractivity (Wildman–Crippen MR) is 51.2 cm³/mol. The van der Waals surface area contributed by atoms with Crippen molar-refractivity contribution in [2.24, 2.45) is 5.73 Å². The van der Waals surface area contributed by atoms with Crippen molar-refractivity contribution in [3.63, 3.8) is 0 Å². The number of rotatable bonds is 1. The summed E-state index contributed by atoms with van der Waals surface area (Å²) in [6.45, 7) is 0.419. The Labute approximate surface area is 79.5 Å². The van der Waals surface area contributed by atoms with Crippen LogP contribution in [-0.2, 0) is 6.54 Å². The van der Waals surface area contributed by atoms with Crippen LogP contribution in [-0.4, -0.2) is 4.98 Å². The van der Waals surface area contributed by atoms with Crippen LogP contribution >= 0.6 is 11.6 Å². The fourth-order valence-corrected chi connectivity index (χ4v) is 1.51. The average molecular weight is 199 g/mol. The van der Waals surface area contributed by atoms with Crippen molar-refractivity contribution in [2.75, 3.05) is 0 Å². The first-order chi connectivity index (χ1) is 6.22. The first-order valence-electron chi connectivity index (χ1n) is 3.87. The Morgan fingerprint density at radius 3 is 2.92 bits per heavy atom. The summed E-state index contributed by atoms with van der Waals surface area (Å²) in [5, 5.41) is 1.01. The highest BCUT2D eigenvalue weighted by Gasteiger charge is 2.06. The van der Waals surface area contributed by atoms with Crippen LogP contribution in [0.15, 0.2) is 18.3 Å². The van der Waals surface area contributed by atoms with E-state index in [1.54, 1.807) is 12.3 Å². The van der Waals surface area contributed by atoms with Gasteiger partial charge in [0.1, 0.15) is 5.82 Å². The van der Waals surface area contributed by atoms with E-state index in [2.05, 4.69) is 4.98 Å². The van der Waals surface area contributed by atoms with Crippen LogP contribution in [0.25, 0.3) is 10.9 Å². The lowest BCUT2D eigenvalue weighted by atomic mass is 10.2. The van der Waals surface area contributed by atoms with Gasteiger partial charge in [-0.2, -0.15) is 0 Å². The van der Waals surface area contributed by atoms with Crippen molar-refractivity contribution in [3.05, 3.63) is 34.7 Å². The summed E-state index contributed by atoms with van der Waals surface area (Å²) in [6, 6.07) is 2.96. The molecule has 2 nitrogen and oxygen atoms in total. The molecule has 68 valence electrons. The number of nitrogens with two attached hydrogens (primary N) is 1. The van der Waals surface area contributed by atoms with Gasteiger partial charge >= 0.3 is 0 Å². The number of nitrogens with one attached hydrogen (secondary N) is 1. The lowest BCUT2D eigenvalue weighted by Gasteiger charge is -1.96. The van der Waals surface area contributed by atoms with Crippen molar-refractivity contribution in [1.29, 1.82) is 0 Å². The van der Waals surface area contributed by atoms with Crippen molar-refractivity contribution < 1.29 is 4.39 Å². The predicted octanol–water partition coefficient (Wildman–Crippen LogP) is 2.42. The Morgan fingerprint density at radius 1 is 1.46 bits per heavy atom. The van der Waals surface area contributed by atoms with Crippen LogP contribution in [0.2, 0.25) is 5.02 Å². The van der Waals surface area contributed by atoms with E-state index in [1.807, 2.05) is 0 Å². The summed E-state index contributed by atoms with van der Waals surface area (Å²) in [5.74, 6) is -0.417. The number of halogens is 2. The van der Waals surface area contributed by atoms with Gasteiger partial charge in [-0.05, 0) is 17.7 Å².